The molecular formula is C15H22N2O3. The highest BCUT2D eigenvalue weighted by molar-refractivity contribution is 5.91. The molecule has 0 bridgehead atoms. The average molecular weight is 278 g/mol. The third-order valence-electron chi connectivity index (χ3n) is 3.63. The van der Waals surface area contributed by atoms with E-state index < -0.39 is 0 Å². The molecule has 0 unspecified atom stereocenters. The molecule has 0 radical (unpaired) electrons. The highest BCUT2D eigenvalue weighted by Gasteiger charge is 2.21. The first kappa shape index (κ1) is 14.7. The number of esters is 1. The lowest BCUT2D eigenvalue weighted by atomic mass is 10.1. The summed E-state index contributed by atoms with van der Waals surface area (Å²) < 4.78 is 10.3. The second kappa shape index (κ2) is 6.61. The predicted octanol–water partition coefficient (Wildman–Crippen LogP) is 2.06. The van der Waals surface area contributed by atoms with Crippen LogP contribution >= 0.6 is 0 Å². The van der Waals surface area contributed by atoms with Crippen LogP contribution in [-0.2, 0) is 9.47 Å². The fraction of sp³-hybridized carbons (Fsp3) is 0.533. The molecule has 5 nitrogen and oxygen atoms in total. The number of methoxy groups -OCH3 is 1. The minimum absolute atomic E-state index is 0.354. The fourth-order valence-corrected chi connectivity index (χ4v) is 2.59. The SMILES string of the molecule is CCOC1CCN(c2ccc(C(=O)OC)cc2N)CC1. The summed E-state index contributed by atoms with van der Waals surface area (Å²) in [5.74, 6) is -0.363. The predicted molar refractivity (Wildman–Crippen MR) is 79.1 cm³/mol. The number of ether oxygens (including phenoxy) is 2. The number of piperidine rings is 1. The van der Waals surface area contributed by atoms with Crippen LogP contribution in [0, 0.1) is 0 Å². The average Bonchev–Trinajstić information content (AvgIpc) is 2.47. The van der Waals surface area contributed by atoms with E-state index in [1.807, 2.05) is 13.0 Å². The van der Waals surface area contributed by atoms with Crippen molar-refractivity contribution in [2.75, 3.05) is 37.4 Å². The molecule has 20 heavy (non-hydrogen) atoms. The summed E-state index contributed by atoms with van der Waals surface area (Å²) in [6.45, 7) is 4.63. The number of carbonyl (C=O) groups is 1. The number of hydrogen-bond donors (Lipinski definition) is 1. The first-order chi connectivity index (χ1) is 9.65. The lowest BCUT2D eigenvalue weighted by molar-refractivity contribution is 0.0459. The van der Waals surface area contributed by atoms with E-state index in [9.17, 15) is 4.79 Å². The molecule has 0 saturated carbocycles. The van der Waals surface area contributed by atoms with Crippen molar-refractivity contribution >= 4 is 17.3 Å². The number of rotatable bonds is 4. The van der Waals surface area contributed by atoms with Gasteiger partial charge in [-0.2, -0.15) is 0 Å². The Morgan fingerprint density at radius 3 is 2.65 bits per heavy atom. The quantitative estimate of drug-likeness (QED) is 0.674. The third-order valence-corrected chi connectivity index (χ3v) is 3.63. The molecule has 0 spiro atoms. The Morgan fingerprint density at radius 2 is 2.10 bits per heavy atom. The van der Waals surface area contributed by atoms with Crippen LogP contribution in [0.15, 0.2) is 18.2 Å². The maximum atomic E-state index is 11.5. The number of anilines is 2. The summed E-state index contributed by atoms with van der Waals surface area (Å²) in [6, 6.07) is 5.32. The number of benzene rings is 1. The van der Waals surface area contributed by atoms with Crippen molar-refractivity contribution in [3.8, 4) is 0 Å². The van der Waals surface area contributed by atoms with Gasteiger partial charge in [-0.25, -0.2) is 4.79 Å². The number of nitrogens with zero attached hydrogens (tertiary/aromatic N) is 1. The minimum atomic E-state index is -0.363. The van der Waals surface area contributed by atoms with E-state index >= 15 is 0 Å². The van der Waals surface area contributed by atoms with Crippen LogP contribution in [0.2, 0.25) is 0 Å². The number of carbonyl (C=O) groups excluding carboxylic acids is 1. The second-order valence-electron chi connectivity index (χ2n) is 4.91. The van der Waals surface area contributed by atoms with Crippen molar-refractivity contribution in [3.05, 3.63) is 23.8 Å². The van der Waals surface area contributed by atoms with Gasteiger partial charge in [0.05, 0.1) is 30.2 Å². The lowest BCUT2D eigenvalue weighted by Gasteiger charge is -2.34. The van der Waals surface area contributed by atoms with E-state index in [4.69, 9.17) is 15.2 Å². The van der Waals surface area contributed by atoms with Gasteiger partial charge in [0.15, 0.2) is 0 Å². The Bertz CT molecular complexity index is 468. The molecule has 110 valence electrons. The van der Waals surface area contributed by atoms with Crippen molar-refractivity contribution in [1.82, 2.24) is 0 Å². The van der Waals surface area contributed by atoms with Gasteiger partial charge in [-0.05, 0) is 38.0 Å². The van der Waals surface area contributed by atoms with Crippen LogP contribution in [0.1, 0.15) is 30.1 Å². The van der Waals surface area contributed by atoms with Crippen molar-refractivity contribution in [2.45, 2.75) is 25.9 Å². The molecule has 2 N–H and O–H groups in total. The van der Waals surface area contributed by atoms with E-state index in [1.165, 1.54) is 7.11 Å². The van der Waals surface area contributed by atoms with Gasteiger partial charge in [0.25, 0.3) is 0 Å². The van der Waals surface area contributed by atoms with E-state index in [-0.39, 0.29) is 5.97 Å². The van der Waals surface area contributed by atoms with Gasteiger partial charge in [-0.3, -0.25) is 0 Å². The number of nitrogens with two attached hydrogens (primary N) is 1. The number of nitrogen functional groups attached to an aromatic ring is 1. The molecule has 0 aromatic heterocycles. The number of hydrogen-bond acceptors (Lipinski definition) is 5. The van der Waals surface area contributed by atoms with Crippen molar-refractivity contribution in [3.63, 3.8) is 0 Å². The Labute approximate surface area is 119 Å². The largest absolute Gasteiger partial charge is 0.465 e. The molecular weight excluding hydrogens is 256 g/mol. The maximum Gasteiger partial charge on any atom is 0.337 e. The molecule has 1 fully saturated rings. The molecule has 0 atom stereocenters. The van der Waals surface area contributed by atoms with Crippen LogP contribution in [0.4, 0.5) is 11.4 Å². The van der Waals surface area contributed by atoms with Gasteiger partial charge in [-0.1, -0.05) is 0 Å². The third kappa shape index (κ3) is 3.22. The fourth-order valence-electron chi connectivity index (χ4n) is 2.59. The summed E-state index contributed by atoms with van der Waals surface area (Å²) in [4.78, 5) is 13.7. The molecule has 1 aliphatic rings. The molecule has 1 heterocycles. The van der Waals surface area contributed by atoms with Gasteiger partial charge < -0.3 is 20.1 Å². The Hall–Kier alpha value is -1.75. The van der Waals surface area contributed by atoms with Crippen LogP contribution in [-0.4, -0.2) is 38.9 Å². The minimum Gasteiger partial charge on any atom is -0.465 e. The van der Waals surface area contributed by atoms with E-state index in [0.717, 1.165) is 38.2 Å². The lowest BCUT2D eigenvalue weighted by Crippen LogP contribution is -2.37. The molecule has 5 heteroatoms. The van der Waals surface area contributed by atoms with Crippen molar-refractivity contribution < 1.29 is 14.3 Å². The van der Waals surface area contributed by atoms with Crippen LogP contribution in [0.3, 0.4) is 0 Å². The highest BCUT2D eigenvalue weighted by Crippen LogP contribution is 2.28. The summed E-state index contributed by atoms with van der Waals surface area (Å²) in [5.41, 5.74) is 8.13. The van der Waals surface area contributed by atoms with E-state index in [0.29, 0.717) is 17.4 Å². The zero-order chi connectivity index (χ0) is 14.5. The molecule has 1 aromatic carbocycles. The molecule has 1 saturated heterocycles. The van der Waals surface area contributed by atoms with Gasteiger partial charge in [0, 0.05) is 19.7 Å². The maximum absolute atomic E-state index is 11.5. The topological polar surface area (TPSA) is 64.8 Å². The molecule has 1 aliphatic heterocycles. The summed E-state index contributed by atoms with van der Waals surface area (Å²) in [7, 11) is 1.37. The molecule has 0 amide bonds. The Kier molecular flexibility index (Phi) is 4.84. The molecule has 1 aromatic rings. The standard InChI is InChI=1S/C15H22N2O3/c1-3-20-12-6-8-17(9-7-12)14-5-4-11(10-13(14)16)15(18)19-2/h4-5,10,12H,3,6-9,16H2,1-2H3. The van der Waals surface area contributed by atoms with E-state index in [1.54, 1.807) is 12.1 Å². The van der Waals surface area contributed by atoms with Gasteiger partial charge in [0.2, 0.25) is 0 Å². The molecule has 0 aliphatic carbocycles. The highest BCUT2D eigenvalue weighted by atomic mass is 16.5. The van der Waals surface area contributed by atoms with Crippen LogP contribution in [0.5, 0.6) is 0 Å². The second-order valence-corrected chi connectivity index (χ2v) is 4.91. The molecule has 2 rings (SSSR count). The van der Waals surface area contributed by atoms with Gasteiger partial charge in [-0.15, -0.1) is 0 Å². The van der Waals surface area contributed by atoms with Crippen LogP contribution < -0.4 is 10.6 Å². The first-order valence-electron chi connectivity index (χ1n) is 7.00. The van der Waals surface area contributed by atoms with Crippen LogP contribution in [0.25, 0.3) is 0 Å². The monoisotopic (exact) mass is 278 g/mol. The van der Waals surface area contributed by atoms with Gasteiger partial charge >= 0.3 is 5.97 Å². The Balaban J connectivity index is 2.05. The summed E-state index contributed by atoms with van der Waals surface area (Å²) in [6.07, 6.45) is 2.37. The van der Waals surface area contributed by atoms with Gasteiger partial charge in [0.1, 0.15) is 0 Å². The summed E-state index contributed by atoms with van der Waals surface area (Å²) in [5, 5.41) is 0. The Morgan fingerprint density at radius 1 is 1.40 bits per heavy atom. The smallest absolute Gasteiger partial charge is 0.337 e. The summed E-state index contributed by atoms with van der Waals surface area (Å²) >= 11 is 0. The van der Waals surface area contributed by atoms with Crippen molar-refractivity contribution in [1.29, 1.82) is 0 Å². The van der Waals surface area contributed by atoms with Crippen molar-refractivity contribution in [2.24, 2.45) is 0 Å². The first-order valence-corrected chi connectivity index (χ1v) is 7.00. The zero-order valence-corrected chi connectivity index (χ0v) is 12.1. The normalized spacial score (nSPS) is 16.2. The zero-order valence-electron chi connectivity index (χ0n) is 12.1. The van der Waals surface area contributed by atoms with E-state index in [2.05, 4.69) is 4.90 Å².